The largest absolute Gasteiger partial charge is 0.619 e. The number of benzene rings is 1. The quantitative estimate of drug-likeness (QED) is 0.467. The summed E-state index contributed by atoms with van der Waals surface area (Å²) in [4.78, 5) is 40.2. The number of carbonyl (C=O) groups excluding carboxylic acids is 3. The van der Waals surface area contributed by atoms with Gasteiger partial charge in [0.25, 0.3) is 11.8 Å². The first-order valence-electron chi connectivity index (χ1n) is 11.7. The highest BCUT2D eigenvalue weighted by Crippen LogP contribution is 2.37. The van der Waals surface area contributed by atoms with E-state index in [2.05, 4.69) is 10.6 Å². The summed E-state index contributed by atoms with van der Waals surface area (Å²) in [6.07, 6.45) is 4.85. The lowest BCUT2D eigenvalue weighted by molar-refractivity contribution is -0.605. The van der Waals surface area contributed by atoms with E-state index in [9.17, 15) is 24.0 Å². The molecule has 1 saturated heterocycles. The molecule has 35 heavy (non-hydrogen) atoms. The second-order valence-electron chi connectivity index (χ2n) is 9.56. The molecule has 2 fully saturated rings. The van der Waals surface area contributed by atoms with Crippen LogP contribution in [-0.4, -0.2) is 40.2 Å². The zero-order chi connectivity index (χ0) is 25.5. The number of hydrogen-bond acceptors (Lipinski definition) is 4. The molecule has 3 amide bonds. The van der Waals surface area contributed by atoms with E-state index in [1.165, 1.54) is 18.2 Å². The molecule has 1 aliphatic heterocycles. The summed E-state index contributed by atoms with van der Waals surface area (Å²) >= 11 is 5.84. The molecule has 1 aromatic carbocycles. The van der Waals surface area contributed by atoms with Gasteiger partial charge in [0.1, 0.15) is 21.9 Å². The zero-order valence-corrected chi connectivity index (χ0v) is 20.6. The van der Waals surface area contributed by atoms with Crippen LogP contribution >= 0.6 is 11.6 Å². The van der Waals surface area contributed by atoms with Gasteiger partial charge in [0.2, 0.25) is 5.91 Å². The second kappa shape index (κ2) is 9.45. The number of aromatic nitrogens is 1. The van der Waals surface area contributed by atoms with Crippen LogP contribution in [0.4, 0.5) is 4.39 Å². The summed E-state index contributed by atoms with van der Waals surface area (Å²) in [6, 6.07) is 5.15. The second-order valence-corrected chi connectivity index (χ2v) is 9.99. The van der Waals surface area contributed by atoms with E-state index >= 15 is 0 Å². The minimum Gasteiger partial charge on any atom is -0.619 e. The molecule has 0 spiro atoms. The van der Waals surface area contributed by atoms with E-state index < -0.39 is 29.2 Å². The highest BCUT2D eigenvalue weighted by molar-refractivity contribution is 6.30. The van der Waals surface area contributed by atoms with E-state index in [-0.39, 0.29) is 39.7 Å². The highest BCUT2D eigenvalue weighted by atomic mass is 35.5. The Hall–Kier alpha value is -3.20. The number of rotatable bonds is 6. The number of carbonyl (C=O) groups is 3. The summed E-state index contributed by atoms with van der Waals surface area (Å²) in [5.74, 6) is -1.84. The van der Waals surface area contributed by atoms with Crippen molar-refractivity contribution in [1.82, 2.24) is 15.5 Å². The molecule has 2 aliphatic rings. The fraction of sp³-hybridized carbons (Fsp3) is 0.440. The van der Waals surface area contributed by atoms with E-state index in [1.54, 1.807) is 17.9 Å². The topological polar surface area (TPSA) is 105 Å². The Morgan fingerprint density at radius 2 is 1.80 bits per heavy atom. The molecule has 0 unspecified atom stereocenters. The third-order valence-electron chi connectivity index (χ3n) is 6.86. The number of nitrogens with zero attached hydrogens (tertiary/aromatic N) is 2. The number of hydrogen-bond donors (Lipinski definition) is 2. The van der Waals surface area contributed by atoms with E-state index in [0.717, 1.165) is 25.2 Å². The summed E-state index contributed by atoms with van der Waals surface area (Å²) in [7, 11) is 0. The maximum absolute atomic E-state index is 15.0. The SMILES string of the molecule is C[C@@H]1CC[C@H](C)N1C(=O)c1ccc([C@@H](C)NC(=O)C2(NC(=O)c3cc(Cl)c[n+]([O-])c3)CC2)c(F)c1. The van der Waals surface area contributed by atoms with Crippen molar-refractivity contribution >= 4 is 29.3 Å². The molecule has 1 aliphatic carbocycles. The monoisotopic (exact) mass is 502 g/mol. The molecule has 2 aromatic rings. The molecule has 0 bridgehead atoms. The van der Waals surface area contributed by atoms with Crippen LogP contribution in [0.2, 0.25) is 5.02 Å². The van der Waals surface area contributed by atoms with Crippen LogP contribution in [0.3, 0.4) is 0 Å². The number of amides is 3. The third kappa shape index (κ3) is 5.10. The number of pyridine rings is 1. The fourth-order valence-corrected chi connectivity index (χ4v) is 4.85. The van der Waals surface area contributed by atoms with Gasteiger partial charge in [-0.1, -0.05) is 17.7 Å². The van der Waals surface area contributed by atoms with Crippen LogP contribution in [-0.2, 0) is 4.79 Å². The average Bonchev–Trinajstić information content (AvgIpc) is 3.49. The van der Waals surface area contributed by atoms with Crippen LogP contribution < -0.4 is 15.4 Å². The fourth-order valence-electron chi connectivity index (χ4n) is 4.63. The number of halogens is 2. The summed E-state index contributed by atoms with van der Waals surface area (Å²) < 4.78 is 15.4. The van der Waals surface area contributed by atoms with Crippen molar-refractivity contribution in [1.29, 1.82) is 0 Å². The lowest BCUT2D eigenvalue weighted by atomic mass is 10.0. The van der Waals surface area contributed by atoms with Gasteiger partial charge in [-0.2, -0.15) is 4.73 Å². The van der Waals surface area contributed by atoms with Gasteiger partial charge >= 0.3 is 0 Å². The van der Waals surface area contributed by atoms with Gasteiger partial charge in [0.05, 0.1) is 6.04 Å². The Morgan fingerprint density at radius 3 is 2.37 bits per heavy atom. The van der Waals surface area contributed by atoms with E-state index in [4.69, 9.17) is 11.6 Å². The minimum absolute atomic E-state index is 0.0348. The van der Waals surface area contributed by atoms with Gasteiger partial charge in [-0.15, -0.1) is 0 Å². The van der Waals surface area contributed by atoms with Crippen LogP contribution in [0.1, 0.15) is 78.8 Å². The summed E-state index contributed by atoms with van der Waals surface area (Å²) in [6.45, 7) is 5.61. The standard InChI is InChI=1S/C25H28ClFN4O4/c1-14-4-5-15(2)31(14)23(33)17-6-7-20(21(27)11-17)16(3)28-24(34)25(8-9-25)29-22(32)18-10-19(26)13-30(35)12-18/h6-7,10-16H,4-5,8-9H2,1-3H3,(H,28,34)(H,29,32)/t14-,15+,16-/m1/s1. The molecule has 4 rings (SSSR count). The van der Waals surface area contributed by atoms with Gasteiger partial charge in [-0.25, -0.2) is 4.39 Å². The van der Waals surface area contributed by atoms with Gasteiger partial charge in [0, 0.05) is 23.2 Å². The predicted octanol–water partition coefficient (Wildman–Crippen LogP) is 3.27. The van der Waals surface area contributed by atoms with Gasteiger partial charge in [-0.3, -0.25) is 14.4 Å². The van der Waals surface area contributed by atoms with Crippen molar-refractivity contribution in [2.24, 2.45) is 0 Å². The smallest absolute Gasteiger partial charge is 0.258 e. The van der Waals surface area contributed by atoms with Crippen molar-refractivity contribution in [3.8, 4) is 0 Å². The molecular weight excluding hydrogens is 475 g/mol. The molecule has 1 saturated carbocycles. The Labute approximate surface area is 208 Å². The maximum Gasteiger partial charge on any atom is 0.258 e. The maximum atomic E-state index is 15.0. The van der Waals surface area contributed by atoms with Crippen molar-refractivity contribution in [3.05, 3.63) is 69.4 Å². The Bertz CT molecular complexity index is 1160. The lowest BCUT2D eigenvalue weighted by Gasteiger charge is -2.26. The first kappa shape index (κ1) is 24.9. The summed E-state index contributed by atoms with van der Waals surface area (Å²) in [5.41, 5.74) is -0.585. The van der Waals surface area contributed by atoms with Crippen molar-refractivity contribution in [2.75, 3.05) is 0 Å². The van der Waals surface area contributed by atoms with Crippen molar-refractivity contribution in [3.63, 3.8) is 0 Å². The first-order chi connectivity index (χ1) is 16.5. The Kier molecular flexibility index (Phi) is 6.73. The molecule has 3 atom stereocenters. The van der Waals surface area contributed by atoms with Gasteiger partial charge in [0.15, 0.2) is 12.4 Å². The minimum atomic E-state index is -1.13. The molecule has 8 nitrogen and oxygen atoms in total. The molecule has 186 valence electrons. The number of nitrogens with one attached hydrogen (secondary N) is 2. The molecule has 1 aromatic heterocycles. The molecule has 10 heteroatoms. The zero-order valence-electron chi connectivity index (χ0n) is 19.8. The predicted molar refractivity (Wildman–Crippen MR) is 127 cm³/mol. The van der Waals surface area contributed by atoms with Crippen molar-refractivity contribution in [2.45, 2.75) is 70.1 Å². The Morgan fingerprint density at radius 1 is 1.14 bits per heavy atom. The molecule has 2 heterocycles. The van der Waals surface area contributed by atoms with E-state index in [0.29, 0.717) is 17.6 Å². The third-order valence-corrected chi connectivity index (χ3v) is 7.06. The van der Waals surface area contributed by atoms with Crippen LogP contribution in [0, 0.1) is 11.0 Å². The Balaban J connectivity index is 1.42. The molecule has 0 radical (unpaired) electrons. The normalized spacial score (nSPS) is 21.3. The highest BCUT2D eigenvalue weighted by Gasteiger charge is 2.51. The molecule has 2 N–H and O–H groups in total. The van der Waals surface area contributed by atoms with Gasteiger partial charge in [-0.05, 0) is 64.7 Å². The van der Waals surface area contributed by atoms with Crippen molar-refractivity contribution < 1.29 is 23.5 Å². The molecular formula is C25H28ClFN4O4. The lowest BCUT2D eigenvalue weighted by Crippen LogP contribution is -2.49. The van der Waals surface area contributed by atoms with Crippen LogP contribution in [0.25, 0.3) is 0 Å². The van der Waals surface area contributed by atoms with Gasteiger partial charge < -0.3 is 20.7 Å². The van der Waals surface area contributed by atoms with Crippen LogP contribution in [0.5, 0.6) is 0 Å². The summed E-state index contributed by atoms with van der Waals surface area (Å²) in [5, 5.41) is 17.1. The first-order valence-corrected chi connectivity index (χ1v) is 12.0. The van der Waals surface area contributed by atoms with Crippen LogP contribution in [0.15, 0.2) is 36.7 Å². The average molecular weight is 503 g/mol. The number of likely N-dealkylation sites (tertiary alicyclic amines) is 1. The van der Waals surface area contributed by atoms with E-state index in [1.807, 2.05) is 13.8 Å².